The van der Waals surface area contributed by atoms with E-state index in [0.717, 1.165) is 106 Å². The molecule has 5 nitrogen and oxygen atoms in total. The van der Waals surface area contributed by atoms with Crippen LogP contribution in [-0.4, -0.2) is 19.9 Å². The summed E-state index contributed by atoms with van der Waals surface area (Å²) in [5.41, 5.74) is 19.0. The molecule has 61 heavy (non-hydrogen) atoms. The van der Waals surface area contributed by atoms with Gasteiger partial charge in [-0.25, -0.2) is 9.97 Å². The molecule has 2 aliphatic heterocycles. The van der Waals surface area contributed by atoms with Gasteiger partial charge < -0.3 is 14.9 Å². The molecule has 0 atom stereocenters. The summed E-state index contributed by atoms with van der Waals surface area (Å²) in [6.45, 7) is 0. The van der Waals surface area contributed by atoms with Crippen LogP contribution in [0.5, 0.6) is 0 Å². The van der Waals surface area contributed by atoms with E-state index in [9.17, 15) is 0 Å². The number of rotatable bonds is 7. The molecule has 5 heterocycles. The lowest BCUT2D eigenvalue weighted by molar-refractivity contribution is 1.28. The van der Waals surface area contributed by atoms with Gasteiger partial charge in [0.15, 0.2) is 0 Å². The minimum atomic E-state index is 0.873. The smallest absolute Gasteiger partial charge is 0.0737 e. The summed E-state index contributed by atoms with van der Waals surface area (Å²) in [6.07, 6.45) is 8.58. The van der Waals surface area contributed by atoms with E-state index in [1.54, 1.807) is 0 Å². The molecule has 6 aromatic carbocycles. The molecule has 0 saturated heterocycles. The first kappa shape index (κ1) is 35.8. The Bertz CT molecular complexity index is 3180. The molecule has 0 saturated carbocycles. The molecule has 5 heteroatoms. The molecule has 9 aromatic rings. The first-order valence-electron chi connectivity index (χ1n) is 20.6. The average molecular weight is 782 g/mol. The fraction of sp³-hybridized carbons (Fsp3) is 0. The molecule has 2 aliphatic rings. The van der Waals surface area contributed by atoms with Gasteiger partial charge in [0.25, 0.3) is 0 Å². The van der Waals surface area contributed by atoms with Gasteiger partial charge in [0.1, 0.15) is 0 Å². The van der Waals surface area contributed by atoms with Crippen molar-refractivity contribution in [1.82, 2.24) is 19.9 Å². The standard InChI is InChI=1S/C56H39N5/c1-6-16-38(17-7-1)53-45-30-32-47(57-45)54(39-18-8-2-9-19-39)49-34-36-51(59-49)56(52-37-35-50(60-52)55(40-20-10-3-11-21-40)48-33-31-46(53)58-48)41-26-28-44(29-27-41)61(42-22-12-4-13-23-42)43-24-14-5-15-25-43/h1-37,57,60H. The number of hydrogen-bond donors (Lipinski definition) is 2. The van der Waals surface area contributed by atoms with Crippen molar-refractivity contribution >= 4 is 63.4 Å². The highest BCUT2D eigenvalue weighted by atomic mass is 15.1. The normalized spacial score (nSPS) is 11.8. The van der Waals surface area contributed by atoms with Gasteiger partial charge in [-0.15, -0.1) is 0 Å². The van der Waals surface area contributed by atoms with Gasteiger partial charge in [0.05, 0.1) is 22.8 Å². The van der Waals surface area contributed by atoms with Crippen LogP contribution in [0, 0.1) is 0 Å². The van der Waals surface area contributed by atoms with Crippen LogP contribution in [0.1, 0.15) is 22.8 Å². The molecule has 0 unspecified atom stereocenters. The number of para-hydroxylation sites is 2. The Morgan fingerprint density at radius 2 is 0.525 bits per heavy atom. The van der Waals surface area contributed by atoms with Crippen molar-refractivity contribution in [3.05, 3.63) is 223 Å². The first-order chi connectivity index (χ1) is 30.2. The second kappa shape index (κ2) is 15.5. The topological polar surface area (TPSA) is 60.6 Å². The molecule has 0 spiro atoms. The summed E-state index contributed by atoms with van der Waals surface area (Å²) in [7, 11) is 0. The van der Waals surface area contributed by atoms with Gasteiger partial charge in [0.2, 0.25) is 0 Å². The number of hydrogen-bond acceptors (Lipinski definition) is 3. The number of fused-ring (bicyclic) bond motifs is 8. The third-order valence-electron chi connectivity index (χ3n) is 11.4. The predicted octanol–water partition coefficient (Wildman–Crippen LogP) is 14.8. The molecule has 0 fully saturated rings. The van der Waals surface area contributed by atoms with E-state index >= 15 is 0 Å². The van der Waals surface area contributed by atoms with Crippen LogP contribution < -0.4 is 4.90 Å². The zero-order valence-electron chi connectivity index (χ0n) is 33.2. The van der Waals surface area contributed by atoms with Crippen LogP contribution >= 0.6 is 0 Å². The van der Waals surface area contributed by atoms with Crippen LogP contribution in [0.4, 0.5) is 17.1 Å². The van der Waals surface area contributed by atoms with Crippen molar-refractivity contribution < 1.29 is 0 Å². The fourth-order valence-electron chi connectivity index (χ4n) is 8.61. The number of anilines is 3. The van der Waals surface area contributed by atoms with Crippen LogP contribution in [-0.2, 0) is 0 Å². The van der Waals surface area contributed by atoms with E-state index in [1.807, 2.05) is 0 Å². The number of nitrogens with one attached hydrogen (secondary N) is 2. The number of nitrogens with zero attached hydrogens (tertiary/aromatic N) is 3. The van der Waals surface area contributed by atoms with Gasteiger partial charge in [-0.1, -0.05) is 140 Å². The van der Waals surface area contributed by atoms with Crippen molar-refractivity contribution in [1.29, 1.82) is 0 Å². The third-order valence-corrected chi connectivity index (χ3v) is 11.4. The van der Waals surface area contributed by atoms with Crippen molar-refractivity contribution in [2.45, 2.75) is 0 Å². The van der Waals surface area contributed by atoms with E-state index in [0.29, 0.717) is 0 Å². The zero-order valence-corrected chi connectivity index (χ0v) is 33.2. The SMILES string of the molecule is C1=Cc2nc1c(-c1ccccc1)c1ccc([nH]1)c(-c1ccccc1)c1nc(c(-c3ccc(N(c4ccccc4)c4ccccc4)cc3)c3ccc([nH]3)c2-c2ccccc2)C=C1. The van der Waals surface area contributed by atoms with Crippen molar-refractivity contribution in [3.8, 4) is 44.5 Å². The lowest BCUT2D eigenvalue weighted by atomic mass is 10.0. The van der Waals surface area contributed by atoms with E-state index < -0.39 is 0 Å². The Morgan fingerprint density at radius 1 is 0.262 bits per heavy atom. The summed E-state index contributed by atoms with van der Waals surface area (Å²) >= 11 is 0. The number of H-pyrrole nitrogens is 2. The lowest BCUT2D eigenvalue weighted by Gasteiger charge is -2.25. The van der Waals surface area contributed by atoms with Crippen molar-refractivity contribution in [2.24, 2.45) is 0 Å². The van der Waals surface area contributed by atoms with Crippen molar-refractivity contribution in [2.75, 3.05) is 4.90 Å². The van der Waals surface area contributed by atoms with Gasteiger partial charge in [-0.05, 0) is 107 Å². The fourth-order valence-corrected chi connectivity index (χ4v) is 8.61. The van der Waals surface area contributed by atoms with E-state index in [-0.39, 0.29) is 0 Å². The van der Waals surface area contributed by atoms with Crippen molar-refractivity contribution in [3.63, 3.8) is 0 Å². The largest absolute Gasteiger partial charge is 0.354 e. The zero-order chi connectivity index (χ0) is 40.5. The molecular formula is C56H39N5. The molecule has 0 radical (unpaired) electrons. The summed E-state index contributed by atoms with van der Waals surface area (Å²) in [5.74, 6) is 0. The number of benzene rings is 6. The number of aromatic amines is 2. The second-order valence-corrected chi connectivity index (χ2v) is 15.2. The molecular weight excluding hydrogens is 743 g/mol. The van der Waals surface area contributed by atoms with Gasteiger partial charge in [0, 0.05) is 61.4 Å². The van der Waals surface area contributed by atoms with Crippen LogP contribution in [0.3, 0.4) is 0 Å². The number of aromatic nitrogens is 4. The Hall–Kier alpha value is -8.28. The Balaban J connectivity index is 1.21. The highest BCUT2D eigenvalue weighted by molar-refractivity contribution is 6.00. The Kier molecular flexibility index (Phi) is 9.10. The Labute approximate surface area is 354 Å². The monoisotopic (exact) mass is 781 g/mol. The highest BCUT2D eigenvalue weighted by Crippen LogP contribution is 2.40. The average Bonchev–Trinajstić information content (AvgIpc) is 4.18. The molecule has 11 rings (SSSR count). The maximum Gasteiger partial charge on any atom is 0.0737 e. The molecule has 8 bridgehead atoms. The summed E-state index contributed by atoms with van der Waals surface area (Å²) in [4.78, 5) is 20.9. The van der Waals surface area contributed by atoms with Crippen LogP contribution in [0.15, 0.2) is 200 Å². The van der Waals surface area contributed by atoms with E-state index in [4.69, 9.17) is 9.97 Å². The van der Waals surface area contributed by atoms with E-state index in [2.05, 4.69) is 239 Å². The quantitative estimate of drug-likeness (QED) is 0.169. The maximum atomic E-state index is 5.49. The van der Waals surface area contributed by atoms with Crippen LogP contribution in [0.2, 0.25) is 0 Å². The second-order valence-electron chi connectivity index (χ2n) is 15.2. The first-order valence-corrected chi connectivity index (χ1v) is 20.6. The molecule has 288 valence electrons. The Morgan fingerprint density at radius 3 is 0.836 bits per heavy atom. The van der Waals surface area contributed by atoms with E-state index in [1.165, 1.54) is 0 Å². The van der Waals surface area contributed by atoms with Gasteiger partial charge >= 0.3 is 0 Å². The lowest BCUT2D eigenvalue weighted by Crippen LogP contribution is -2.09. The minimum absolute atomic E-state index is 0.873. The van der Waals surface area contributed by atoms with Gasteiger partial charge in [-0.2, -0.15) is 0 Å². The molecule has 2 N–H and O–H groups in total. The minimum Gasteiger partial charge on any atom is -0.354 e. The predicted molar refractivity (Wildman–Crippen MR) is 255 cm³/mol. The third kappa shape index (κ3) is 6.74. The van der Waals surface area contributed by atoms with Gasteiger partial charge in [-0.3, -0.25) is 0 Å². The summed E-state index contributed by atoms with van der Waals surface area (Å²) in [6, 6.07) is 70.1. The molecule has 0 aliphatic carbocycles. The highest BCUT2D eigenvalue weighted by Gasteiger charge is 2.20. The summed E-state index contributed by atoms with van der Waals surface area (Å²) in [5, 5.41) is 0. The summed E-state index contributed by atoms with van der Waals surface area (Å²) < 4.78 is 0. The molecule has 0 amide bonds. The molecule has 3 aromatic heterocycles. The van der Waals surface area contributed by atoms with Crippen LogP contribution in [0.25, 0.3) is 90.9 Å². The maximum absolute atomic E-state index is 5.49.